The summed E-state index contributed by atoms with van der Waals surface area (Å²) in [5, 5.41) is 4.06. The molecule has 0 heterocycles. The number of rotatable bonds is 5. The molecule has 11 heavy (non-hydrogen) atoms. The molecule has 64 valence electrons. The van der Waals surface area contributed by atoms with Crippen LogP contribution in [0.1, 0.15) is 6.42 Å². The second-order valence-corrected chi connectivity index (χ2v) is 8.12. The summed E-state index contributed by atoms with van der Waals surface area (Å²) in [6.07, 6.45) is 2.43. The van der Waals surface area contributed by atoms with Crippen LogP contribution >= 0.6 is 0 Å². The molecule has 0 fully saturated rings. The van der Waals surface area contributed by atoms with Crippen LogP contribution < -0.4 is 5.32 Å². The third kappa shape index (κ3) is 7.67. The third-order valence-corrected chi connectivity index (χ3v) is 3.81. The Hall–Kier alpha value is -0.232. The molecular formula is C8H16AsNO. The molecule has 3 heteroatoms. The summed E-state index contributed by atoms with van der Waals surface area (Å²) in [5.74, 6) is -0.0590. The molecular weight excluding hydrogens is 201 g/mol. The van der Waals surface area contributed by atoms with Crippen molar-refractivity contribution >= 4 is 20.6 Å². The molecule has 0 bridgehead atoms. The Kier molecular flexibility index (Phi) is 6.34. The van der Waals surface area contributed by atoms with E-state index in [9.17, 15) is 4.79 Å². The molecule has 1 N–H and O–H groups in total. The first-order valence-electron chi connectivity index (χ1n) is 3.72. The van der Waals surface area contributed by atoms with E-state index in [0.29, 0.717) is 0 Å². The quantitative estimate of drug-likeness (QED) is 0.421. The van der Waals surface area contributed by atoms with Crippen LogP contribution in [0.4, 0.5) is 0 Å². The van der Waals surface area contributed by atoms with Gasteiger partial charge in [0.15, 0.2) is 0 Å². The van der Waals surface area contributed by atoms with Gasteiger partial charge in [-0.25, -0.2) is 0 Å². The zero-order valence-electron chi connectivity index (χ0n) is 7.26. The predicted octanol–water partition coefficient (Wildman–Crippen LogP) is 1.43. The first-order chi connectivity index (χ1) is 5.16. The van der Waals surface area contributed by atoms with E-state index in [2.05, 4.69) is 23.3 Å². The molecule has 0 aliphatic rings. The van der Waals surface area contributed by atoms with Crippen LogP contribution in [0.3, 0.4) is 0 Å². The molecule has 0 radical (unpaired) electrons. The zero-order valence-corrected chi connectivity index (χ0v) is 9.14. The number of hydrogen-bond acceptors (Lipinski definition) is 1. The minimum absolute atomic E-state index is 0.0590. The fourth-order valence-electron chi connectivity index (χ4n) is 0.679. The Labute approximate surface area is 73.3 Å². The molecule has 0 aliphatic heterocycles. The topological polar surface area (TPSA) is 29.1 Å². The van der Waals surface area contributed by atoms with Gasteiger partial charge in [0.2, 0.25) is 0 Å². The van der Waals surface area contributed by atoms with Crippen LogP contribution in [0.2, 0.25) is 16.6 Å². The summed E-state index contributed by atoms with van der Waals surface area (Å²) < 4.78 is 0. The van der Waals surface area contributed by atoms with Gasteiger partial charge in [0.25, 0.3) is 0 Å². The van der Waals surface area contributed by atoms with Gasteiger partial charge in [0, 0.05) is 0 Å². The molecule has 0 unspecified atom stereocenters. The van der Waals surface area contributed by atoms with Crippen molar-refractivity contribution in [3.05, 3.63) is 12.7 Å². The second kappa shape index (κ2) is 6.48. The SMILES string of the molecule is C=CC(=O)NCCC[As](C)C. The summed E-state index contributed by atoms with van der Waals surface area (Å²) in [6, 6.07) is 0. The van der Waals surface area contributed by atoms with Gasteiger partial charge < -0.3 is 0 Å². The van der Waals surface area contributed by atoms with E-state index in [1.54, 1.807) is 0 Å². The second-order valence-electron chi connectivity index (χ2n) is 2.65. The molecule has 0 rings (SSSR count). The molecule has 0 aromatic heterocycles. The Morgan fingerprint density at radius 3 is 2.73 bits per heavy atom. The fraction of sp³-hybridized carbons (Fsp3) is 0.625. The Bertz CT molecular complexity index is 134. The summed E-state index contributed by atoms with van der Waals surface area (Å²) in [5.41, 5.74) is 4.64. The van der Waals surface area contributed by atoms with Gasteiger partial charge in [-0.1, -0.05) is 0 Å². The van der Waals surface area contributed by atoms with E-state index >= 15 is 0 Å². The van der Waals surface area contributed by atoms with Crippen LogP contribution in [-0.2, 0) is 4.79 Å². The van der Waals surface area contributed by atoms with Crippen LogP contribution in [0, 0.1) is 0 Å². The van der Waals surface area contributed by atoms with E-state index in [4.69, 9.17) is 0 Å². The summed E-state index contributed by atoms with van der Waals surface area (Å²) in [6.45, 7) is 4.17. The first-order valence-corrected chi connectivity index (χ1v) is 8.80. The monoisotopic (exact) mass is 217 g/mol. The molecule has 0 aromatic rings. The van der Waals surface area contributed by atoms with Gasteiger partial charge in [-0.05, 0) is 0 Å². The van der Waals surface area contributed by atoms with E-state index in [1.807, 2.05) is 0 Å². The number of amides is 1. The Balaban J connectivity index is 3.14. The van der Waals surface area contributed by atoms with Crippen molar-refractivity contribution in [2.75, 3.05) is 6.54 Å². The normalized spacial score (nSPS) is 9.73. The first kappa shape index (κ1) is 10.8. The average molecular weight is 217 g/mol. The van der Waals surface area contributed by atoms with Crippen LogP contribution in [-0.4, -0.2) is 27.1 Å². The zero-order chi connectivity index (χ0) is 8.69. The number of carbonyl (C=O) groups excluding carboxylic acids is 1. The maximum atomic E-state index is 10.6. The minimum atomic E-state index is -0.476. The van der Waals surface area contributed by atoms with Gasteiger partial charge in [-0.15, -0.1) is 0 Å². The van der Waals surface area contributed by atoms with Crippen molar-refractivity contribution in [2.45, 2.75) is 23.1 Å². The van der Waals surface area contributed by atoms with Gasteiger partial charge in [-0.2, -0.15) is 0 Å². The van der Waals surface area contributed by atoms with Crippen molar-refractivity contribution in [3.63, 3.8) is 0 Å². The standard InChI is InChI=1S/C8H16AsNO/c1-4-8(11)10-7-5-6-9(2)3/h4H,1,5-7H2,2-3H3,(H,10,11). The number of nitrogens with one attached hydrogen (secondary N) is 1. The molecule has 0 saturated carbocycles. The van der Waals surface area contributed by atoms with Crippen molar-refractivity contribution in [1.29, 1.82) is 0 Å². The van der Waals surface area contributed by atoms with E-state index in [1.165, 1.54) is 11.3 Å². The van der Waals surface area contributed by atoms with Crippen LogP contribution in [0.25, 0.3) is 0 Å². The van der Waals surface area contributed by atoms with Gasteiger partial charge in [-0.3, -0.25) is 0 Å². The fourth-order valence-corrected chi connectivity index (χ4v) is 2.34. The molecule has 0 aromatic carbocycles. The van der Waals surface area contributed by atoms with Crippen molar-refractivity contribution in [2.24, 2.45) is 0 Å². The summed E-state index contributed by atoms with van der Waals surface area (Å²) in [4.78, 5) is 10.6. The summed E-state index contributed by atoms with van der Waals surface area (Å²) >= 11 is -0.476. The Morgan fingerprint density at radius 2 is 2.27 bits per heavy atom. The predicted molar refractivity (Wildman–Crippen MR) is 50.1 cm³/mol. The molecule has 0 atom stereocenters. The average Bonchev–Trinajstić information content (AvgIpc) is 1.97. The molecule has 0 aliphatic carbocycles. The van der Waals surface area contributed by atoms with E-state index in [-0.39, 0.29) is 5.91 Å². The van der Waals surface area contributed by atoms with Gasteiger partial charge >= 0.3 is 72.9 Å². The van der Waals surface area contributed by atoms with Crippen molar-refractivity contribution < 1.29 is 4.79 Å². The van der Waals surface area contributed by atoms with E-state index < -0.39 is 14.7 Å². The third-order valence-electron chi connectivity index (χ3n) is 1.27. The van der Waals surface area contributed by atoms with Crippen molar-refractivity contribution in [1.82, 2.24) is 5.32 Å². The number of carbonyl (C=O) groups is 1. The van der Waals surface area contributed by atoms with Gasteiger partial charge in [0.05, 0.1) is 0 Å². The van der Waals surface area contributed by atoms with Gasteiger partial charge in [0.1, 0.15) is 0 Å². The van der Waals surface area contributed by atoms with Crippen molar-refractivity contribution in [3.8, 4) is 0 Å². The number of hydrogen-bond donors (Lipinski definition) is 1. The summed E-state index contributed by atoms with van der Waals surface area (Å²) in [7, 11) is 0. The molecule has 1 amide bonds. The van der Waals surface area contributed by atoms with Crippen LogP contribution in [0.15, 0.2) is 12.7 Å². The molecule has 0 spiro atoms. The Morgan fingerprint density at radius 1 is 1.64 bits per heavy atom. The molecule has 0 saturated heterocycles. The maximum absolute atomic E-state index is 10.6. The molecule has 2 nitrogen and oxygen atoms in total. The van der Waals surface area contributed by atoms with E-state index in [0.717, 1.165) is 13.0 Å². The van der Waals surface area contributed by atoms with Crippen LogP contribution in [0.5, 0.6) is 0 Å².